The van der Waals surface area contributed by atoms with Crippen molar-refractivity contribution in [2.45, 2.75) is 155 Å². The van der Waals surface area contributed by atoms with Crippen LogP contribution in [0.3, 0.4) is 0 Å². The quantitative estimate of drug-likeness (QED) is 0.148. The van der Waals surface area contributed by atoms with E-state index in [1.165, 1.54) is 113 Å². The molecule has 1 aromatic rings. The Balaban J connectivity index is 1.41. The summed E-state index contributed by atoms with van der Waals surface area (Å²) in [6.07, 6.45) is 24.2. The van der Waals surface area contributed by atoms with E-state index in [1.54, 1.807) is 4.44 Å². The first-order valence-electron chi connectivity index (χ1n) is 13.8. The Bertz CT molecular complexity index is 594. The Morgan fingerprint density at radius 1 is 0.625 bits per heavy atom. The van der Waals surface area contributed by atoms with Crippen molar-refractivity contribution < 1.29 is 9.31 Å². The molecule has 0 unspecified atom stereocenters. The van der Waals surface area contributed by atoms with Gasteiger partial charge < -0.3 is 0 Å². The van der Waals surface area contributed by atoms with Crippen molar-refractivity contribution in [3.05, 3.63) is 16.6 Å². The van der Waals surface area contributed by atoms with Gasteiger partial charge in [0.15, 0.2) is 0 Å². The van der Waals surface area contributed by atoms with Crippen molar-refractivity contribution in [3.8, 4) is 0 Å². The van der Waals surface area contributed by atoms with Crippen molar-refractivity contribution in [1.82, 2.24) is 0 Å². The van der Waals surface area contributed by atoms with Crippen molar-refractivity contribution in [2.75, 3.05) is 0 Å². The first-order chi connectivity index (χ1) is 15.4. The van der Waals surface area contributed by atoms with E-state index in [9.17, 15) is 0 Å². The standard InChI is InChI=1S/C28H51BO2Se/c1-6-7-8-9-10-11-12-13-14-15-16-17-18-19-20-21-22-25-23-24-26(32-25)29-30-27(2,3)28(4,5)31-29/h23-24H,6-22H2,1-5H3. The number of unbranched alkanes of at least 4 members (excludes halogenated alkanes) is 15. The molecule has 184 valence electrons. The second-order valence-electron chi connectivity index (χ2n) is 10.9. The van der Waals surface area contributed by atoms with E-state index >= 15 is 0 Å². The number of aryl methyl sites for hydroxylation is 1. The van der Waals surface area contributed by atoms with Crippen molar-refractivity contribution in [2.24, 2.45) is 0 Å². The van der Waals surface area contributed by atoms with E-state index < -0.39 is 0 Å². The zero-order valence-electron chi connectivity index (χ0n) is 22.0. The summed E-state index contributed by atoms with van der Waals surface area (Å²) in [5.74, 6) is 0. The molecule has 32 heavy (non-hydrogen) atoms. The summed E-state index contributed by atoms with van der Waals surface area (Å²) in [5, 5.41) is 0. The van der Waals surface area contributed by atoms with Crippen molar-refractivity contribution >= 4 is 26.0 Å². The first-order valence-corrected chi connectivity index (χ1v) is 15.5. The summed E-state index contributed by atoms with van der Waals surface area (Å²) >= 11 is 0.413. The molecule has 0 atom stereocenters. The van der Waals surface area contributed by atoms with Gasteiger partial charge in [0.1, 0.15) is 0 Å². The summed E-state index contributed by atoms with van der Waals surface area (Å²) in [7, 11) is -0.139. The maximum absolute atomic E-state index is 6.22. The van der Waals surface area contributed by atoms with Crippen LogP contribution in [0.1, 0.15) is 142 Å². The Morgan fingerprint density at radius 3 is 1.47 bits per heavy atom. The molecule has 2 heterocycles. The van der Waals surface area contributed by atoms with Gasteiger partial charge in [0.2, 0.25) is 0 Å². The van der Waals surface area contributed by atoms with E-state index in [1.807, 2.05) is 0 Å². The molecule has 4 heteroatoms. The SMILES string of the molecule is CCCCCCCCCCCCCCCCCCc1ccc(B2OC(C)(C)C(C)(C)O2)[se]1. The molecule has 0 bridgehead atoms. The van der Waals surface area contributed by atoms with Crippen LogP contribution in [0.4, 0.5) is 0 Å². The summed E-state index contributed by atoms with van der Waals surface area (Å²) in [4.78, 5) is 0. The van der Waals surface area contributed by atoms with Crippen LogP contribution in [0.5, 0.6) is 0 Å². The molecule has 0 amide bonds. The molecule has 2 nitrogen and oxygen atoms in total. The molecule has 1 aliphatic heterocycles. The van der Waals surface area contributed by atoms with E-state index in [4.69, 9.17) is 9.31 Å². The summed E-state index contributed by atoms with van der Waals surface area (Å²) < 4.78 is 15.4. The second kappa shape index (κ2) is 15.1. The molecule has 0 aromatic carbocycles. The minimum atomic E-state index is -0.231. The average Bonchev–Trinajstić information content (AvgIpc) is 3.29. The minimum absolute atomic E-state index is 0.139. The van der Waals surface area contributed by atoms with E-state index in [-0.39, 0.29) is 18.3 Å². The monoisotopic (exact) mass is 510 g/mol. The molecule has 1 aliphatic rings. The third-order valence-corrected chi connectivity index (χ3v) is 9.89. The Kier molecular flexibility index (Phi) is 13.3. The average molecular weight is 509 g/mol. The predicted molar refractivity (Wildman–Crippen MR) is 142 cm³/mol. The van der Waals surface area contributed by atoms with E-state index in [0.29, 0.717) is 14.5 Å². The molecule has 1 saturated heterocycles. The van der Waals surface area contributed by atoms with Gasteiger partial charge in [-0.2, -0.15) is 0 Å². The van der Waals surface area contributed by atoms with Crippen LogP contribution in [0.15, 0.2) is 12.1 Å². The molecule has 0 N–H and O–H groups in total. The van der Waals surface area contributed by atoms with Gasteiger partial charge in [-0.3, -0.25) is 0 Å². The van der Waals surface area contributed by atoms with Crippen LogP contribution in [0, 0.1) is 0 Å². The molecule has 0 saturated carbocycles. The van der Waals surface area contributed by atoms with Gasteiger partial charge in [-0.05, 0) is 0 Å². The Morgan fingerprint density at radius 2 is 1.03 bits per heavy atom. The van der Waals surface area contributed by atoms with Crippen molar-refractivity contribution in [3.63, 3.8) is 0 Å². The predicted octanol–water partition coefficient (Wildman–Crippen LogP) is 7.85. The second-order valence-corrected chi connectivity index (χ2v) is 13.5. The summed E-state index contributed by atoms with van der Waals surface area (Å²) in [6, 6.07) is 4.61. The van der Waals surface area contributed by atoms with E-state index in [0.717, 1.165) is 0 Å². The third kappa shape index (κ3) is 10.1. The van der Waals surface area contributed by atoms with Gasteiger partial charge in [-0.25, -0.2) is 0 Å². The zero-order chi connectivity index (χ0) is 23.3. The molecule has 0 aliphatic carbocycles. The van der Waals surface area contributed by atoms with Crippen LogP contribution < -0.4 is 4.34 Å². The summed E-state index contributed by atoms with van der Waals surface area (Å²) in [5.41, 5.74) is -0.462. The molecular weight excluding hydrogens is 458 g/mol. The topological polar surface area (TPSA) is 18.5 Å². The fourth-order valence-electron chi connectivity index (χ4n) is 4.46. The molecule has 1 fully saturated rings. The van der Waals surface area contributed by atoms with Crippen LogP contribution in [-0.4, -0.2) is 32.8 Å². The number of rotatable bonds is 18. The van der Waals surface area contributed by atoms with Gasteiger partial charge in [-0.15, -0.1) is 0 Å². The zero-order valence-corrected chi connectivity index (χ0v) is 23.7. The third-order valence-electron chi connectivity index (χ3n) is 7.44. The first kappa shape index (κ1) is 28.2. The molecular formula is C28H51BO2Se. The summed E-state index contributed by atoms with van der Waals surface area (Å²) in [6.45, 7) is 10.9. The molecule has 0 spiro atoms. The van der Waals surface area contributed by atoms with Crippen LogP contribution in [0.25, 0.3) is 0 Å². The van der Waals surface area contributed by atoms with Crippen LogP contribution >= 0.6 is 0 Å². The van der Waals surface area contributed by atoms with Crippen molar-refractivity contribution in [1.29, 1.82) is 0 Å². The van der Waals surface area contributed by atoms with E-state index in [2.05, 4.69) is 46.8 Å². The Hall–Kier alpha value is -0.0156. The Labute approximate surface area is 206 Å². The number of hydrogen-bond donors (Lipinski definition) is 0. The van der Waals surface area contributed by atoms with Crippen LogP contribution in [-0.2, 0) is 15.7 Å². The number of hydrogen-bond acceptors (Lipinski definition) is 2. The van der Waals surface area contributed by atoms with Gasteiger partial charge in [0.05, 0.1) is 0 Å². The molecule has 0 radical (unpaired) electrons. The van der Waals surface area contributed by atoms with Gasteiger partial charge in [-0.1, -0.05) is 45.4 Å². The van der Waals surface area contributed by atoms with Gasteiger partial charge >= 0.3 is 161 Å². The molecule has 1 aromatic heterocycles. The fraction of sp³-hybridized carbons (Fsp3) is 0.857. The van der Waals surface area contributed by atoms with Gasteiger partial charge in [0.25, 0.3) is 0 Å². The maximum atomic E-state index is 6.22. The van der Waals surface area contributed by atoms with Crippen LogP contribution in [0.2, 0.25) is 0 Å². The fourth-order valence-corrected chi connectivity index (χ4v) is 6.59. The van der Waals surface area contributed by atoms with Gasteiger partial charge in [0, 0.05) is 0 Å². The normalized spacial score (nSPS) is 17.3. The molecule has 2 rings (SSSR count).